The van der Waals surface area contributed by atoms with Crippen LogP contribution in [-0.4, -0.2) is 18.1 Å². The van der Waals surface area contributed by atoms with Crippen LogP contribution in [0.3, 0.4) is 0 Å². The minimum Gasteiger partial charge on any atom is -0.493 e. The highest BCUT2D eigenvalue weighted by atomic mass is 32.1. The number of hydrogen-bond donors (Lipinski definition) is 1. The van der Waals surface area contributed by atoms with E-state index >= 15 is 0 Å². The predicted octanol–water partition coefficient (Wildman–Crippen LogP) is 4.59. The molecule has 0 aliphatic rings. The van der Waals surface area contributed by atoms with Crippen molar-refractivity contribution in [2.45, 2.75) is 57.3 Å². The molecule has 0 atom stereocenters. The number of ether oxygens (including phenoxy) is 1. The zero-order valence-electron chi connectivity index (χ0n) is 12.9. The Morgan fingerprint density at radius 2 is 1.67 bits per heavy atom. The zero-order chi connectivity index (χ0) is 15.7. The van der Waals surface area contributed by atoms with E-state index in [0.717, 1.165) is 54.9 Å². The predicted molar refractivity (Wildman–Crippen MR) is 88.2 cm³/mol. The Labute approximate surface area is 132 Å². The number of benzene rings is 1. The Kier molecular flexibility index (Phi) is 8.20. The fourth-order valence-electron chi connectivity index (χ4n) is 2.17. The smallest absolute Gasteiger partial charge is 0.203 e. The summed E-state index contributed by atoms with van der Waals surface area (Å²) in [5.41, 5.74) is 2.32. The monoisotopic (exact) mass is 311 g/mol. The maximum atomic E-state index is 10.2. The highest BCUT2D eigenvalue weighted by molar-refractivity contribution is 7.80. The van der Waals surface area contributed by atoms with Crippen LogP contribution in [0.2, 0.25) is 0 Å². The average molecular weight is 311 g/mol. The van der Waals surface area contributed by atoms with Crippen molar-refractivity contribution in [2.24, 2.45) is 0 Å². The molecule has 0 N–H and O–H groups in total. The van der Waals surface area contributed by atoms with Gasteiger partial charge < -0.3 is 4.74 Å². The van der Waals surface area contributed by atoms with E-state index in [0.29, 0.717) is 6.42 Å². The average Bonchev–Trinajstić information content (AvgIpc) is 2.45. The van der Waals surface area contributed by atoms with E-state index in [1.54, 1.807) is 0 Å². The topological polar surface area (TPSA) is 52.4 Å². The molecule has 0 amide bonds. The van der Waals surface area contributed by atoms with E-state index in [9.17, 15) is 10.1 Å². The Hall–Kier alpha value is -1.23. The summed E-state index contributed by atoms with van der Waals surface area (Å²) in [6, 6.07) is 3.94. The van der Waals surface area contributed by atoms with Crippen LogP contribution >= 0.6 is 12.6 Å². The van der Waals surface area contributed by atoms with Crippen molar-refractivity contribution in [3.8, 4) is 5.75 Å². The molecule has 0 aromatic heterocycles. The van der Waals surface area contributed by atoms with Gasteiger partial charge in [0, 0.05) is 16.2 Å². The zero-order valence-corrected chi connectivity index (χ0v) is 13.8. The minimum absolute atomic E-state index is 0.100. The molecule has 0 saturated carbocycles. The fourth-order valence-corrected chi connectivity index (χ4v) is 2.41. The molecular weight excluding hydrogens is 286 g/mol. The number of unbranched alkanes of at least 4 members (excludes halogenated alkanes) is 5. The first-order chi connectivity index (χ1) is 10.0. The van der Waals surface area contributed by atoms with Crippen molar-refractivity contribution in [3.05, 3.63) is 33.4 Å². The molecule has 0 heterocycles. The third kappa shape index (κ3) is 6.85. The number of rotatable bonds is 10. The third-order valence-corrected chi connectivity index (χ3v) is 4.19. The second-order valence-corrected chi connectivity index (χ2v) is 5.84. The number of thiol groups is 1. The van der Waals surface area contributed by atoms with Crippen molar-refractivity contribution in [3.63, 3.8) is 0 Å². The second-order valence-electron chi connectivity index (χ2n) is 5.36. The SMILES string of the molecule is Cc1c(S)ccc(OCCCCCCCC[N+](=O)[O-])c1C. The molecule has 0 aliphatic heterocycles. The van der Waals surface area contributed by atoms with Gasteiger partial charge in [0.25, 0.3) is 0 Å². The molecule has 0 unspecified atom stereocenters. The van der Waals surface area contributed by atoms with Gasteiger partial charge in [0.05, 0.1) is 6.61 Å². The normalized spacial score (nSPS) is 10.6. The van der Waals surface area contributed by atoms with E-state index in [1.807, 2.05) is 12.1 Å². The van der Waals surface area contributed by atoms with Crippen LogP contribution in [0, 0.1) is 24.0 Å². The maximum absolute atomic E-state index is 10.2. The van der Waals surface area contributed by atoms with Gasteiger partial charge >= 0.3 is 0 Å². The summed E-state index contributed by atoms with van der Waals surface area (Å²) < 4.78 is 5.81. The van der Waals surface area contributed by atoms with Crippen LogP contribution in [-0.2, 0) is 0 Å². The number of nitrogens with zero attached hydrogens (tertiary/aromatic N) is 1. The molecular formula is C16H25NO3S. The molecule has 5 heteroatoms. The minimum atomic E-state index is -0.242. The highest BCUT2D eigenvalue weighted by Crippen LogP contribution is 2.26. The van der Waals surface area contributed by atoms with Gasteiger partial charge in [-0.2, -0.15) is 0 Å². The van der Waals surface area contributed by atoms with Crippen LogP contribution in [0.15, 0.2) is 17.0 Å². The molecule has 0 radical (unpaired) electrons. The van der Waals surface area contributed by atoms with Crippen LogP contribution in [0.1, 0.15) is 49.7 Å². The van der Waals surface area contributed by atoms with Crippen LogP contribution < -0.4 is 4.74 Å². The van der Waals surface area contributed by atoms with Crippen LogP contribution in [0.4, 0.5) is 0 Å². The Balaban J connectivity index is 2.10. The molecule has 118 valence electrons. The maximum Gasteiger partial charge on any atom is 0.203 e. The van der Waals surface area contributed by atoms with Crippen molar-refractivity contribution >= 4 is 12.6 Å². The van der Waals surface area contributed by atoms with E-state index in [-0.39, 0.29) is 11.5 Å². The highest BCUT2D eigenvalue weighted by Gasteiger charge is 2.05. The van der Waals surface area contributed by atoms with Gasteiger partial charge in [-0.25, -0.2) is 0 Å². The molecule has 1 rings (SSSR count). The van der Waals surface area contributed by atoms with Crippen molar-refractivity contribution in [1.29, 1.82) is 0 Å². The summed E-state index contributed by atoms with van der Waals surface area (Å²) in [6.45, 7) is 4.93. The number of hydrogen-bond acceptors (Lipinski definition) is 4. The van der Waals surface area contributed by atoms with Crippen molar-refractivity contribution in [1.82, 2.24) is 0 Å². The van der Waals surface area contributed by atoms with E-state index in [2.05, 4.69) is 26.5 Å². The first-order valence-corrected chi connectivity index (χ1v) is 8.01. The van der Waals surface area contributed by atoms with Crippen molar-refractivity contribution < 1.29 is 9.66 Å². The largest absolute Gasteiger partial charge is 0.493 e. The molecule has 21 heavy (non-hydrogen) atoms. The summed E-state index contributed by atoms with van der Waals surface area (Å²) in [6.07, 6.45) is 5.97. The summed E-state index contributed by atoms with van der Waals surface area (Å²) in [5.74, 6) is 0.941. The Morgan fingerprint density at radius 3 is 2.33 bits per heavy atom. The van der Waals surface area contributed by atoms with Crippen LogP contribution in [0.25, 0.3) is 0 Å². The quantitative estimate of drug-likeness (QED) is 0.297. The molecule has 0 bridgehead atoms. The van der Waals surface area contributed by atoms with Crippen molar-refractivity contribution in [2.75, 3.05) is 13.2 Å². The van der Waals surface area contributed by atoms with Gasteiger partial charge in [-0.05, 0) is 49.9 Å². The standard InChI is InChI=1S/C16H25NO3S/c1-13-14(2)16(21)10-9-15(13)20-12-8-6-4-3-5-7-11-17(18)19/h9-10,21H,3-8,11-12H2,1-2H3. The van der Waals surface area contributed by atoms with Gasteiger partial charge in [-0.3, -0.25) is 10.1 Å². The molecule has 1 aromatic carbocycles. The second kappa shape index (κ2) is 9.66. The fraction of sp³-hybridized carbons (Fsp3) is 0.625. The molecule has 4 nitrogen and oxygen atoms in total. The molecule has 0 saturated heterocycles. The van der Waals surface area contributed by atoms with Gasteiger partial charge in [0.2, 0.25) is 6.54 Å². The lowest BCUT2D eigenvalue weighted by molar-refractivity contribution is -0.480. The molecule has 1 aromatic rings. The lowest BCUT2D eigenvalue weighted by Gasteiger charge is -2.12. The van der Waals surface area contributed by atoms with E-state index in [1.165, 1.54) is 5.56 Å². The summed E-state index contributed by atoms with van der Waals surface area (Å²) in [7, 11) is 0. The Bertz CT molecular complexity index is 463. The lowest BCUT2D eigenvalue weighted by Crippen LogP contribution is -2.01. The van der Waals surface area contributed by atoms with E-state index < -0.39 is 0 Å². The summed E-state index contributed by atoms with van der Waals surface area (Å²) in [5, 5.41) is 10.2. The summed E-state index contributed by atoms with van der Waals surface area (Å²) >= 11 is 4.39. The van der Waals surface area contributed by atoms with Crippen LogP contribution in [0.5, 0.6) is 5.75 Å². The molecule has 0 aliphatic carbocycles. The van der Waals surface area contributed by atoms with Gasteiger partial charge in [-0.15, -0.1) is 12.6 Å². The Morgan fingerprint density at radius 1 is 1.05 bits per heavy atom. The van der Waals surface area contributed by atoms with Gasteiger partial charge in [0.15, 0.2) is 0 Å². The third-order valence-electron chi connectivity index (χ3n) is 3.70. The first-order valence-electron chi connectivity index (χ1n) is 7.56. The molecule has 0 spiro atoms. The summed E-state index contributed by atoms with van der Waals surface area (Å²) in [4.78, 5) is 10.9. The van der Waals surface area contributed by atoms with E-state index in [4.69, 9.17) is 4.74 Å². The van der Waals surface area contributed by atoms with Gasteiger partial charge in [-0.1, -0.05) is 19.3 Å². The van der Waals surface area contributed by atoms with Gasteiger partial charge in [0.1, 0.15) is 5.75 Å². The first kappa shape index (κ1) is 17.8. The number of nitro groups is 1. The molecule has 0 fully saturated rings. The lowest BCUT2D eigenvalue weighted by atomic mass is 10.1.